The molecule has 2 heterocycles. The third-order valence-electron chi connectivity index (χ3n) is 3.58. The molecule has 2 aromatic rings. The van der Waals surface area contributed by atoms with Crippen molar-refractivity contribution in [2.75, 3.05) is 6.54 Å². The molecule has 0 aliphatic carbocycles. The summed E-state index contributed by atoms with van der Waals surface area (Å²) in [6, 6.07) is 3.10. The quantitative estimate of drug-likeness (QED) is 0.878. The van der Waals surface area contributed by atoms with Crippen molar-refractivity contribution in [3.8, 4) is 0 Å². The highest BCUT2D eigenvalue weighted by Gasteiger charge is 2.33. The molecular formula is C16H22F3N5. The van der Waals surface area contributed by atoms with Crippen LogP contribution in [-0.2, 0) is 19.1 Å². The number of halogens is 3. The Labute approximate surface area is 139 Å². The molecule has 8 heteroatoms. The summed E-state index contributed by atoms with van der Waals surface area (Å²) in [4.78, 5) is 7.69. The van der Waals surface area contributed by atoms with Gasteiger partial charge >= 0.3 is 6.18 Å². The summed E-state index contributed by atoms with van der Waals surface area (Å²) >= 11 is 0. The zero-order chi connectivity index (χ0) is 17.9. The lowest BCUT2D eigenvalue weighted by Crippen LogP contribution is -2.33. The number of nitrogens with zero attached hydrogens (tertiary/aromatic N) is 4. The van der Waals surface area contributed by atoms with Crippen LogP contribution in [0, 0.1) is 20.8 Å². The fourth-order valence-electron chi connectivity index (χ4n) is 2.50. The molecule has 0 spiro atoms. The molecule has 5 nitrogen and oxygen atoms in total. The summed E-state index contributed by atoms with van der Waals surface area (Å²) in [5.41, 5.74) is 1.48. The highest BCUT2D eigenvalue weighted by molar-refractivity contribution is 5.13. The largest absolute Gasteiger partial charge is 0.433 e. The van der Waals surface area contributed by atoms with Gasteiger partial charge in [-0.3, -0.25) is 4.68 Å². The number of hydrogen-bond acceptors (Lipinski definition) is 4. The van der Waals surface area contributed by atoms with E-state index in [9.17, 15) is 13.2 Å². The van der Waals surface area contributed by atoms with Gasteiger partial charge in [-0.15, -0.1) is 0 Å². The lowest BCUT2D eigenvalue weighted by molar-refractivity contribution is -0.141. The molecule has 0 bridgehead atoms. The van der Waals surface area contributed by atoms with Crippen molar-refractivity contribution >= 4 is 0 Å². The van der Waals surface area contributed by atoms with Crippen LogP contribution >= 0.6 is 0 Å². The van der Waals surface area contributed by atoms with E-state index in [0.717, 1.165) is 17.5 Å². The maximum absolute atomic E-state index is 12.8. The second-order valence-electron chi connectivity index (χ2n) is 6.02. The Kier molecular flexibility index (Phi) is 5.58. The fourth-order valence-corrected chi connectivity index (χ4v) is 2.50. The zero-order valence-electron chi connectivity index (χ0n) is 14.3. The van der Waals surface area contributed by atoms with Gasteiger partial charge in [0.25, 0.3) is 0 Å². The molecule has 1 atom stereocenters. The number of nitrogens with one attached hydrogen (secondary N) is 1. The van der Waals surface area contributed by atoms with E-state index < -0.39 is 11.9 Å². The van der Waals surface area contributed by atoms with Crippen LogP contribution in [-0.4, -0.2) is 32.3 Å². The molecule has 0 aromatic carbocycles. The number of aryl methyl sites for hydroxylation is 3. The van der Waals surface area contributed by atoms with Crippen molar-refractivity contribution in [2.24, 2.45) is 0 Å². The predicted octanol–water partition coefficient (Wildman–Crippen LogP) is 2.84. The summed E-state index contributed by atoms with van der Waals surface area (Å²) < 4.78 is 40.2. The molecule has 24 heavy (non-hydrogen) atoms. The molecule has 0 aliphatic rings. The van der Waals surface area contributed by atoms with Crippen LogP contribution in [0.25, 0.3) is 0 Å². The van der Waals surface area contributed by atoms with Crippen LogP contribution in [0.1, 0.15) is 35.5 Å². The van der Waals surface area contributed by atoms with E-state index in [1.54, 1.807) is 6.92 Å². The van der Waals surface area contributed by atoms with Crippen molar-refractivity contribution < 1.29 is 13.2 Å². The molecule has 0 saturated carbocycles. The van der Waals surface area contributed by atoms with E-state index in [0.29, 0.717) is 25.2 Å². The van der Waals surface area contributed by atoms with Crippen LogP contribution in [0.2, 0.25) is 0 Å². The lowest BCUT2D eigenvalue weighted by Gasteiger charge is -2.15. The highest BCUT2D eigenvalue weighted by Crippen LogP contribution is 2.27. The van der Waals surface area contributed by atoms with Crippen molar-refractivity contribution in [3.05, 3.63) is 40.7 Å². The van der Waals surface area contributed by atoms with Crippen molar-refractivity contribution in [3.63, 3.8) is 0 Å². The van der Waals surface area contributed by atoms with Gasteiger partial charge in [0, 0.05) is 30.4 Å². The van der Waals surface area contributed by atoms with Gasteiger partial charge in [-0.2, -0.15) is 18.3 Å². The number of aromatic nitrogens is 4. The van der Waals surface area contributed by atoms with Gasteiger partial charge in [-0.25, -0.2) is 9.97 Å². The third-order valence-corrected chi connectivity index (χ3v) is 3.58. The van der Waals surface area contributed by atoms with E-state index in [1.165, 1.54) is 0 Å². The van der Waals surface area contributed by atoms with Gasteiger partial charge < -0.3 is 5.32 Å². The molecule has 0 saturated heterocycles. The summed E-state index contributed by atoms with van der Waals surface area (Å²) in [6.45, 7) is 8.68. The van der Waals surface area contributed by atoms with E-state index in [4.69, 9.17) is 0 Å². The van der Waals surface area contributed by atoms with Gasteiger partial charge in [-0.05, 0) is 39.8 Å². The summed E-state index contributed by atoms with van der Waals surface area (Å²) in [7, 11) is 0. The Hall–Kier alpha value is -1.96. The fraction of sp³-hybridized carbons (Fsp3) is 0.562. The normalized spacial score (nSPS) is 13.3. The van der Waals surface area contributed by atoms with E-state index in [2.05, 4.69) is 20.4 Å². The minimum Gasteiger partial charge on any atom is -0.312 e. The minimum atomic E-state index is -4.45. The smallest absolute Gasteiger partial charge is 0.312 e. The minimum absolute atomic E-state index is 0.134. The van der Waals surface area contributed by atoms with Crippen molar-refractivity contribution in [2.45, 2.75) is 52.9 Å². The molecule has 0 unspecified atom stereocenters. The molecule has 2 rings (SSSR count). The number of rotatable bonds is 6. The monoisotopic (exact) mass is 341 g/mol. The highest BCUT2D eigenvalue weighted by atomic mass is 19.4. The van der Waals surface area contributed by atoms with Gasteiger partial charge in [-0.1, -0.05) is 0 Å². The predicted molar refractivity (Wildman–Crippen MR) is 84.6 cm³/mol. The van der Waals surface area contributed by atoms with E-state index in [1.807, 2.05) is 31.5 Å². The van der Waals surface area contributed by atoms with Gasteiger partial charge in [0.2, 0.25) is 0 Å². The first-order chi connectivity index (χ1) is 11.1. The molecule has 0 fully saturated rings. The topological polar surface area (TPSA) is 55.6 Å². The average molecular weight is 341 g/mol. The standard InChI is InChI=1S/C16H22F3N5/c1-10-8-14(16(17,18)19)22-15(21-10)5-6-20-12(3)9-24-13(4)7-11(2)23-24/h7-8,12,20H,5-6,9H2,1-4H3/t12-/m0/s1. The SMILES string of the molecule is Cc1cc(C(F)(F)F)nc(CCN[C@@H](C)Cn2nc(C)cc2C)n1. The third kappa shape index (κ3) is 5.02. The lowest BCUT2D eigenvalue weighted by atomic mass is 10.2. The molecular weight excluding hydrogens is 319 g/mol. The first-order valence-corrected chi connectivity index (χ1v) is 7.81. The molecule has 1 N–H and O–H groups in total. The molecule has 2 aromatic heterocycles. The van der Waals surface area contributed by atoms with E-state index >= 15 is 0 Å². The second kappa shape index (κ2) is 7.29. The summed E-state index contributed by atoms with van der Waals surface area (Å²) in [5, 5.41) is 7.67. The van der Waals surface area contributed by atoms with Crippen molar-refractivity contribution in [1.29, 1.82) is 0 Å². The molecule has 0 radical (unpaired) electrons. The Morgan fingerprint density at radius 2 is 1.83 bits per heavy atom. The van der Waals surface area contributed by atoms with Crippen LogP contribution < -0.4 is 5.32 Å². The van der Waals surface area contributed by atoms with Crippen LogP contribution in [0.5, 0.6) is 0 Å². The molecule has 132 valence electrons. The zero-order valence-corrected chi connectivity index (χ0v) is 14.3. The van der Waals surface area contributed by atoms with Crippen LogP contribution in [0.4, 0.5) is 13.2 Å². The van der Waals surface area contributed by atoms with Crippen LogP contribution in [0.15, 0.2) is 12.1 Å². The Balaban J connectivity index is 1.90. The number of alkyl halides is 3. The maximum atomic E-state index is 12.8. The van der Waals surface area contributed by atoms with Gasteiger partial charge in [0.15, 0.2) is 0 Å². The van der Waals surface area contributed by atoms with E-state index in [-0.39, 0.29) is 11.9 Å². The Bertz CT molecular complexity index is 694. The second-order valence-corrected chi connectivity index (χ2v) is 6.02. The first-order valence-electron chi connectivity index (χ1n) is 7.81. The van der Waals surface area contributed by atoms with Gasteiger partial charge in [0.1, 0.15) is 11.5 Å². The van der Waals surface area contributed by atoms with Gasteiger partial charge in [0.05, 0.1) is 12.2 Å². The summed E-state index contributed by atoms with van der Waals surface area (Å²) in [5.74, 6) is 0.202. The molecule has 0 amide bonds. The summed E-state index contributed by atoms with van der Waals surface area (Å²) in [6.07, 6.45) is -4.11. The van der Waals surface area contributed by atoms with Crippen LogP contribution in [0.3, 0.4) is 0 Å². The number of hydrogen-bond donors (Lipinski definition) is 1. The molecule has 0 aliphatic heterocycles. The Morgan fingerprint density at radius 3 is 2.42 bits per heavy atom. The maximum Gasteiger partial charge on any atom is 0.433 e. The first kappa shape index (κ1) is 18.4. The van der Waals surface area contributed by atoms with Crippen molar-refractivity contribution in [1.82, 2.24) is 25.1 Å². The average Bonchev–Trinajstić information content (AvgIpc) is 2.75. The Morgan fingerprint density at radius 1 is 1.12 bits per heavy atom.